The van der Waals surface area contributed by atoms with E-state index in [2.05, 4.69) is 20.8 Å². The van der Waals surface area contributed by atoms with Crippen LogP contribution < -0.4 is 5.84 Å². The second kappa shape index (κ2) is 6.73. The highest BCUT2D eigenvalue weighted by Crippen LogP contribution is 2.67. The quantitative estimate of drug-likeness (QED) is 0.433. The fourth-order valence-corrected chi connectivity index (χ4v) is 8.55. The van der Waals surface area contributed by atoms with Gasteiger partial charge in [0.25, 0.3) is 0 Å². The molecule has 3 N–H and O–H groups in total. The minimum absolute atomic E-state index is 0.0166. The van der Waals surface area contributed by atoms with Gasteiger partial charge in [-0.3, -0.25) is 9.80 Å². The Morgan fingerprint density at radius 1 is 1.04 bits per heavy atom. The summed E-state index contributed by atoms with van der Waals surface area (Å²) in [6.07, 6.45) is 11.0. The van der Waals surface area contributed by atoms with Crippen LogP contribution in [-0.2, 0) is 4.79 Å². The van der Waals surface area contributed by atoms with E-state index in [-0.39, 0.29) is 18.1 Å². The highest BCUT2D eigenvalue weighted by molar-refractivity contribution is 5.72. The number of carbonyl (C=O) groups is 1. The van der Waals surface area contributed by atoms with Crippen LogP contribution in [0.25, 0.3) is 0 Å². The van der Waals surface area contributed by atoms with Gasteiger partial charge in [-0.2, -0.15) is 0 Å². The third-order valence-electron chi connectivity index (χ3n) is 10.1. The molecule has 0 saturated heterocycles. The second-order valence-corrected chi connectivity index (χ2v) is 11.0. The summed E-state index contributed by atoms with van der Waals surface area (Å²) >= 11 is 0. The number of carbonyl (C=O) groups excluding carboxylic acids is 1. The molecule has 0 aromatic heterocycles. The average Bonchev–Trinajstić information content (AvgIpc) is 2.98. The Kier molecular flexibility index (Phi) is 4.91. The van der Waals surface area contributed by atoms with Crippen molar-refractivity contribution in [2.45, 2.75) is 97.6 Å². The van der Waals surface area contributed by atoms with E-state index >= 15 is 0 Å². The fourth-order valence-electron chi connectivity index (χ4n) is 8.55. The highest BCUT2D eigenvalue weighted by Gasteiger charge is 2.61. The summed E-state index contributed by atoms with van der Waals surface area (Å²) in [4.78, 5) is 11.8. The summed E-state index contributed by atoms with van der Waals surface area (Å²) < 4.78 is 0. The van der Waals surface area contributed by atoms with E-state index in [4.69, 9.17) is 5.84 Å². The van der Waals surface area contributed by atoms with Crippen molar-refractivity contribution in [3.05, 3.63) is 0 Å². The molecule has 0 radical (unpaired) electrons. The number of amides is 1. The molecule has 0 aromatic rings. The Labute approximate surface area is 165 Å². The van der Waals surface area contributed by atoms with Crippen LogP contribution in [-0.4, -0.2) is 28.2 Å². The Hall–Kier alpha value is -0.610. The number of aliphatic hydroxyl groups is 1. The Bertz CT molecular complexity index is 595. The van der Waals surface area contributed by atoms with Crippen molar-refractivity contribution in [1.82, 2.24) is 5.01 Å². The largest absolute Gasteiger partial charge is 0.393 e. The maximum absolute atomic E-state index is 11.8. The Morgan fingerprint density at radius 3 is 2.41 bits per heavy atom. The average molecular weight is 377 g/mol. The smallest absolute Gasteiger partial charge is 0.233 e. The number of rotatable bonds is 2. The molecule has 154 valence electrons. The number of nitrogens with zero attached hydrogens (tertiary/aromatic N) is 1. The van der Waals surface area contributed by atoms with Crippen molar-refractivity contribution in [1.29, 1.82) is 0 Å². The molecule has 27 heavy (non-hydrogen) atoms. The predicted molar refractivity (Wildman–Crippen MR) is 107 cm³/mol. The lowest BCUT2D eigenvalue weighted by Crippen LogP contribution is -2.56. The third-order valence-corrected chi connectivity index (χ3v) is 10.1. The van der Waals surface area contributed by atoms with Gasteiger partial charge in [0, 0.05) is 13.0 Å². The van der Waals surface area contributed by atoms with Gasteiger partial charge in [0.2, 0.25) is 5.91 Å². The molecule has 9 atom stereocenters. The molecule has 0 aliphatic heterocycles. The molecule has 4 saturated carbocycles. The zero-order chi connectivity index (χ0) is 19.6. The molecule has 4 nitrogen and oxygen atoms in total. The molecule has 4 rings (SSSR count). The van der Waals surface area contributed by atoms with E-state index < -0.39 is 0 Å². The first kappa shape index (κ1) is 19.7. The van der Waals surface area contributed by atoms with Crippen LogP contribution >= 0.6 is 0 Å². The molecule has 1 unspecified atom stereocenters. The van der Waals surface area contributed by atoms with Crippen LogP contribution in [0.1, 0.15) is 85.5 Å². The second-order valence-electron chi connectivity index (χ2n) is 11.0. The molecular weight excluding hydrogens is 336 g/mol. The van der Waals surface area contributed by atoms with Gasteiger partial charge in [-0.05, 0) is 105 Å². The molecule has 4 aliphatic carbocycles. The van der Waals surface area contributed by atoms with Crippen molar-refractivity contribution in [3.63, 3.8) is 0 Å². The number of hydrogen-bond acceptors (Lipinski definition) is 3. The number of hydrogen-bond donors (Lipinski definition) is 2. The van der Waals surface area contributed by atoms with Crippen LogP contribution in [0.3, 0.4) is 0 Å². The van der Waals surface area contributed by atoms with Gasteiger partial charge in [-0.25, -0.2) is 5.84 Å². The maximum Gasteiger partial charge on any atom is 0.233 e. The van der Waals surface area contributed by atoms with Gasteiger partial charge in [0.1, 0.15) is 0 Å². The normalized spacial score (nSPS) is 50.3. The lowest BCUT2D eigenvalue weighted by molar-refractivity contribution is -0.139. The number of fused-ring (bicyclic) bond motifs is 5. The van der Waals surface area contributed by atoms with E-state index in [0.717, 1.165) is 36.5 Å². The topological polar surface area (TPSA) is 66.6 Å². The number of aliphatic hydroxyl groups excluding tert-OH is 1. The first-order valence-electron chi connectivity index (χ1n) is 11.4. The summed E-state index contributed by atoms with van der Waals surface area (Å²) in [6.45, 7) is 8.80. The molecule has 0 heterocycles. The standard InChI is InChI=1S/C23H40N2O2/c1-14(25(24)15(2)26)19-7-8-20-18-6-5-16-13-17(27)9-11-22(16,3)21(18)10-12-23(19,20)4/h14,16-21,27H,5-13,24H2,1-4H3/t14?,16-,17-,18-,19+,20-,21-,22-,23+/m0/s1. The highest BCUT2D eigenvalue weighted by atomic mass is 16.3. The Balaban J connectivity index is 1.56. The van der Waals surface area contributed by atoms with Crippen LogP contribution in [0, 0.1) is 40.4 Å². The van der Waals surface area contributed by atoms with E-state index in [9.17, 15) is 9.90 Å². The van der Waals surface area contributed by atoms with Gasteiger partial charge in [0.05, 0.1) is 6.10 Å². The fraction of sp³-hybridized carbons (Fsp3) is 0.957. The van der Waals surface area contributed by atoms with Crippen molar-refractivity contribution in [2.24, 2.45) is 46.3 Å². The lowest BCUT2D eigenvalue weighted by atomic mass is 9.44. The summed E-state index contributed by atoms with van der Waals surface area (Å²) in [5.41, 5.74) is 0.761. The van der Waals surface area contributed by atoms with E-state index in [0.29, 0.717) is 16.7 Å². The molecule has 0 aromatic carbocycles. The van der Waals surface area contributed by atoms with Crippen LogP contribution in [0.2, 0.25) is 0 Å². The van der Waals surface area contributed by atoms with Crippen molar-refractivity contribution < 1.29 is 9.90 Å². The summed E-state index contributed by atoms with van der Waals surface area (Å²) in [6, 6.07) is 0.130. The van der Waals surface area contributed by atoms with Crippen molar-refractivity contribution in [3.8, 4) is 0 Å². The van der Waals surface area contributed by atoms with E-state index in [1.54, 1.807) is 6.92 Å². The van der Waals surface area contributed by atoms with Crippen molar-refractivity contribution in [2.75, 3.05) is 0 Å². The van der Waals surface area contributed by atoms with Gasteiger partial charge < -0.3 is 5.11 Å². The van der Waals surface area contributed by atoms with E-state index in [1.165, 1.54) is 50.0 Å². The van der Waals surface area contributed by atoms with Gasteiger partial charge in [0.15, 0.2) is 0 Å². The van der Waals surface area contributed by atoms with Crippen LogP contribution in [0.5, 0.6) is 0 Å². The van der Waals surface area contributed by atoms with Crippen molar-refractivity contribution >= 4 is 5.91 Å². The van der Waals surface area contributed by atoms with Gasteiger partial charge >= 0.3 is 0 Å². The lowest BCUT2D eigenvalue weighted by Gasteiger charge is -2.61. The van der Waals surface area contributed by atoms with Crippen LogP contribution in [0.15, 0.2) is 0 Å². The van der Waals surface area contributed by atoms with Crippen LogP contribution in [0.4, 0.5) is 0 Å². The zero-order valence-electron chi connectivity index (χ0n) is 17.8. The SMILES string of the molecule is CC(=O)N(N)C(C)[C@H]1CC[C@H]2[C@@H]3CC[C@H]4C[C@@H](O)CC[C@]4(C)[C@H]3CC[C@]12C. The number of hydrazine groups is 1. The number of nitrogens with two attached hydrogens (primary N) is 1. The minimum atomic E-state index is -0.0627. The summed E-state index contributed by atoms with van der Waals surface area (Å²) in [5.74, 6) is 9.82. The summed E-state index contributed by atoms with van der Waals surface area (Å²) in [5, 5.41) is 11.7. The van der Waals surface area contributed by atoms with Gasteiger partial charge in [-0.15, -0.1) is 0 Å². The molecular formula is C23H40N2O2. The Morgan fingerprint density at radius 2 is 1.70 bits per heavy atom. The van der Waals surface area contributed by atoms with E-state index in [1.807, 2.05) is 0 Å². The zero-order valence-corrected chi connectivity index (χ0v) is 17.8. The molecule has 4 aliphatic rings. The molecule has 1 amide bonds. The molecule has 0 bridgehead atoms. The molecule has 0 spiro atoms. The molecule has 4 heteroatoms. The maximum atomic E-state index is 11.8. The first-order chi connectivity index (χ1) is 12.7. The predicted octanol–water partition coefficient (Wildman–Crippen LogP) is 4.12. The molecule has 4 fully saturated rings. The first-order valence-corrected chi connectivity index (χ1v) is 11.4. The minimum Gasteiger partial charge on any atom is -0.393 e. The van der Waals surface area contributed by atoms with Gasteiger partial charge in [-0.1, -0.05) is 13.8 Å². The third kappa shape index (κ3) is 2.88. The summed E-state index contributed by atoms with van der Waals surface area (Å²) in [7, 11) is 0. The monoisotopic (exact) mass is 376 g/mol.